The van der Waals surface area contributed by atoms with Crippen molar-refractivity contribution in [3.63, 3.8) is 0 Å². The average molecular weight is 406 g/mol. The number of rotatable bonds is 6. The predicted octanol–water partition coefficient (Wildman–Crippen LogP) is 5.04. The number of carbonyl (C=O) groups excluding carboxylic acids is 1. The minimum absolute atomic E-state index is 0.204. The maximum Gasteiger partial charge on any atom is 0.231 e. The number of ether oxygens (including phenoxy) is 4. The van der Waals surface area contributed by atoms with Gasteiger partial charge in [-0.1, -0.05) is 18.2 Å². The topological polar surface area (TPSA) is 54.0 Å². The van der Waals surface area contributed by atoms with E-state index in [4.69, 9.17) is 18.9 Å². The number of hydrogen-bond acceptors (Lipinski definition) is 5. The van der Waals surface area contributed by atoms with Crippen LogP contribution in [0.4, 0.5) is 4.39 Å². The molecule has 1 aliphatic rings. The quantitative estimate of drug-likeness (QED) is 0.537. The van der Waals surface area contributed by atoms with E-state index in [0.29, 0.717) is 28.6 Å². The number of allylic oxidation sites excluding steroid dienone is 1. The summed E-state index contributed by atoms with van der Waals surface area (Å²) in [4.78, 5) is 12.7. The summed E-state index contributed by atoms with van der Waals surface area (Å²) in [5.74, 6) is 1.87. The first-order valence-corrected chi connectivity index (χ1v) is 9.25. The first-order chi connectivity index (χ1) is 14.6. The Bertz CT molecular complexity index is 1120. The van der Waals surface area contributed by atoms with E-state index in [2.05, 4.69) is 0 Å². The van der Waals surface area contributed by atoms with Crippen molar-refractivity contribution in [1.29, 1.82) is 0 Å². The molecule has 3 aromatic rings. The lowest BCUT2D eigenvalue weighted by Gasteiger charge is -2.08. The van der Waals surface area contributed by atoms with E-state index in [1.807, 2.05) is 6.07 Å². The van der Waals surface area contributed by atoms with E-state index in [-0.39, 0.29) is 24.0 Å². The Labute approximate surface area is 173 Å². The van der Waals surface area contributed by atoms with E-state index in [0.717, 1.165) is 11.1 Å². The fourth-order valence-electron chi connectivity index (χ4n) is 3.10. The van der Waals surface area contributed by atoms with Crippen LogP contribution in [0, 0.1) is 5.82 Å². The van der Waals surface area contributed by atoms with E-state index in [1.54, 1.807) is 62.8 Å². The number of methoxy groups -OCH3 is 2. The molecule has 0 unspecified atom stereocenters. The van der Waals surface area contributed by atoms with Gasteiger partial charge in [0.2, 0.25) is 5.78 Å². The molecule has 6 heteroatoms. The molecule has 4 rings (SSSR count). The molecule has 5 nitrogen and oxygen atoms in total. The highest BCUT2D eigenvalue weighted by Gasteiger charge is 2.27. The SMILES string of the molecule is COc1ccc(/C=C2/Oc3cc(OCc4ccc(F)cc4)ccc3C2=O)cc1OC. The van der Waals surface area contributed by atoms with Crippen LogP contribution in [0.3, 0.4) is 0 Å². The average Bonchev–Trinajstić information content (AvgIpc) is 3.07. The Morgan fingerprint density at radius 2 is 1.70 bits per heavy atom. The summed E-state index contributed by atoms with van der Waals surface area (Å²) >= 11 is 0. The van der Waals surface area contributed by atoms with Crippen molar-refractivity contribution >= 4 is 11.9 Å². The van der Waals surface area contributed by atoms with Crippen LogP contribution in [0.1, 0.15) is 21.5 Å². The van der Waals surface area contributed by atoms with Crippen LogP contribution in [0.15, 0.2) is 66.4 Å². The summed E-state index contributed by atoms with van der Waals surface area (Å²) in [7, 11) is 3.11. The minimum atomic E-state index is -0.294. The summed E-state index contributed by atoms with van der Waals surface area (Å²) in [6, 6.07) is 16.5. The van der Waals surface area contributed by atoms with Crippen LogP contribution < -0.4 is 18.9 Å². The van der Waals surface area contributed by atoms with Crippen molar-refractivity contribution < 1.29 is 28.1 Å². The van der Waals surface area contributed by atoms with E-state index >= 15 is 0 Å². The molecule has 0 N–H and O–H groups in total. The summed E-state index contributed by atoms with van der Waals surface area (Å²) in [5, 5.41) is 0. The monoisotopic (exact) mass is 406 g/mol. The van der Waals surface area contributed by atoms with Crippen molar-refractivity contribution in [1.82, 2.24) is 0 Å². The normalized spacial score (nSPS) is 13.7. The van der Waals surface area contributed by atoms with Crippen molar-refractivity contribution in [3.05, 3.63) is 88.9 Å². The number of Topliss-reactive ketones (excluding diaryl/α,β-unsaturated/α-hetero) is 1. The Morgan fingerprint density at radius 3 is 2.43 bits per heavy atom. The van der Waals surface area contributed by atoms with Crippen molar-refractivity contribution in [2.45, 2.75) is 6.61 Å². The molecule has 0 radical (unpaired) electrons. The van der Waals surface area contributed by atoms with E-state index < -0.39 is 0 Å². The molecule has 1 aliphatic heterocycles. The van der Waals surface area contributed by atoms with Crippen LogP contribution >= 0.6 is 0 Å². The number of carbonyl (C=O) groups is 1. The molecule has 0 aliphatic carbocycles. The Kier molecular flexibility index (Phi) is 5.39. The van der Waals surface area contributed by atoms with E-state index in [1.165, 1.54) is 12.1 Å². The maximum atomic E-state index is 13.0. The molecular weight excluding hydrogens is 387 g/mol. The fourth-order valence-corrected chi connectivity index (χ4v) is 3.10. The molecule has 0 saturated heterocycles. The standard InChI is InChI=1S/C24H19FO5/c1-27-20-10-5-16(11-22(20)28-2)12-23-24(26)19-9-8-18(13-21(19)30-23)29-14-15-3-6-17(25)7-4-15/h3-13H,14H2,1-2H3/b23-12+. The van der Waals surface area contributed by atoms with Gasteiger partial charge < -0.3 is 18.9 Å². The second-order valence-corrected chi connectivity index (χ2v) is 6.63. The second-order valence-electron chi connectivity index (χ2n) is 6.63. The summed E-state index contributed by atoms with van der Waals surface area (Å²) < 4.78 is 35.0. The zero-order chi connectivity index (χ0) is 21.1. The van der Waals surface area contributed by atoms with Crippen LogP contribution in [0.2, 0.25) is 0 Å². The van der Waals surface area contributed by atoms with Gasteiger partial charge in [0.05, 0.1) is 19.8 Å². The third-order valence-corrected chi connectivity index (χ3v) is 4.67. The minimum Gasteiger partial charge on any atom is -0.493 e. The molecule has 0 aromatic heterocycles. The van der Waals surface area contributed by atoms with Crippen molar-refractivity contribution in [2.24, 2.45) is 0 Å². The van der Waals surface area contributed by atoms with Gasteiger partial charge in [0.15, 0.2) is 17.3 Å². The molecule has 0 fully saturated rings. The third kappa shape index (κ3) is 3.98. The molecule has 152 valence electrons. The lowest BCUT2D eigenvalue weighted by Crippen LogP contribution is -1.98. The molecule has 0 amide bonds. The van der Waals surface area contributed by atoms with Crippen LogP contribution in [-0.2, 0) is 6.61 Å². The smallest absolute Gasteiger partial charge is 0.231 e. The highest BCUT2D eigenvalue weighted by atomic mass is 19.1. The predicted molar refractivity (Wildman–Crippen MR) is 110 cm³/mol. The van der Waals surface area contributed by atoms with Gasteiger partial charge in [0.25, 0.3) is 0 Å². The number of halogens is 1. The third-order valence-electron chi connectivity index (χ3n) is 4.67. The van der Waals surface area contributed by atoms with Crippen molar-refractivity contribution in [2.75, 3.05) is 14.2 Å². The van der Waals surface area contributed by atoms with Gasteiger partial charge in [-0.25, -0.2) is 4.39 Å². The Morgan fingerprint density at radius 1 is 0.933 bits per heavy atom. The number of hydrogen-bond donors (Lipinski definition) is 0. The van der Waals surface area contributed by atoms with Gasteiger partial charge in [-0.05, 0) is 53.6 Å². The van der Waals surface area contributed by atoms with Gasteiger partial charge in [-0.3, -0.25) is 4.79 Å². The Balaban J connectivity index is 1.51. The zero-order valence-electron chi connectivity index (χ0n) is 16.5. The highest BCUT2D eigenvalue weighted by Crippen LogP contribution is 2.36. The second kappa shape index (κ2) is 8.29. The molecule has 0 bridgehead atoms. The largest absolute Gasteiger partial charge is 0.493 e. The van der Waals surface area contributed by atoms with Crippen molar-refractivity contribution in [3.8, 4) is 23.0 Å². The number of fused-ring (bicyclic) bond motifs is 1. The molecule has 0 saturated carbocycles. The molecule has 30 heavy (non-hydrogen) atoms. The summed E-state index contributed by atoms with van der Waals surface area (Å²) in [6.07, 6.45) is 1.66. The zero-order valence-corrected chi connectivity index (χ0v) is 16.5. The Hall–Kier alpha value is -3.80. The van der Waals surface area contributed by atoms with E-state index in [9.17, 15) is 9.18 Å². The van der Waals surface area contributed by atoms with Gasteiger partial charge >= 0.3 is 0 Å². The lowest BCUT2D eigenvalue weighted by atomic mass is 10.1. The maximum absolute atomic E-state index is 13.0. The van der Waals surface area contributed by atoms with Gasteiger partial charge in [-0.15, -0.1) is 0 Å². The first kappa shape index (κ1) is 19.5. The number of ketones is 1. The van der Waals surface area contributed by atoms with Gasteiger partial charge in [0.1, 0.15) is 23.9 Å². The molecular formula is C24H19FO5. The fraction of sp³-hybridized carbons (Fsp3) is 0.125. The van der Waals surface area contributed by atoms with Crippen LogP contribution in [-0.4, -0.2) is 20.0 Å². The lowest BCUT2D eigenvalue weighted by molar-refractivity contribution is 0.101. The van der Waals surface area contributed by atoms with Gasteiger partial charge in [0, 0.05) is 6.07 Å². The summed E-state index contributed by atoms with van der Waals surface area (Å²) in [5.41, 5.74) is 2.05. The van der Waals surface area contributed by atoms with Crippen LogP contribution in [0.5, 0.6) is 23.0 Å². The number of benzene rings is 3. The molecule has 3 aromatic carbocycles. The van der Waals surface area contributed by atoms with Gasteiger partial charge in [-0.2, -0.15) is 0 Å². The van der Waals surface area contributed by atoms with Crippen LogP contribution in [0.25, 0.3) is 6.08 Å². The summed E-state index contributed by atoms with van der Waals surface area (Å²) in [6.45, 7) is 0.279. The molecule has 0 spiro atoms. The molecule has 1 heterocycles. The highest BCUT2D eigenvalue weighted by molar-refractivity contribution is 6.14. The first-order valence-electron chi connectivity index (χ1n) is 9.25. The molecule has 0 atom stereocenters.